The molecule has 8 nitrogen and oxygen atoms in total. The van der Waals surface area contributed by atoms with Crippen LogP contribution in [0.5, 0.6) is 0 Å². The zero-order valence-electron chi connectivity index (χ0n) is 14.9. The Bertz CT molecular complexity index is 857. The molecule has 1 heterocycles. The van der Waals surface area contributed by atoms with Gasteiger partial charge >= 0.3 is 5.97 Å². The molecule has 2 rings (SSSR count). The average Bonchev–Trinajstić information content (AvgIpc) is 3.19. The number of carbonyl (C=O) groups excluding carboxylic acids is 4. The van der Waals surface area contributed by atoms with Gasteiger partial charge in [0, 0.05) is 5.69 Å². The second-order valence-corrected chi connectivity index (χ2v) is 6.52. The molecule has 0 aliphatic heterocycles. The van der Waals surface area contributed by atoms with Gasteiger partial charge in [-0.25, -0.2) is 4.39 Å². The van der Waals surface area contributed by atoms with E-state index in [-0.39, 0.29) is 12.2 Å². The molecule has 0 bridgehead atoms. The third-order valence-electron chi connectivity index (χ3n) is 3.35. The van der Waals surface area contributed by atoms with Crippen LogP contribution in [0.15, 0.2) is 41.8 Å². The van der Waals surface area contributed by atoms with Gasteiger partial charge in [-0.3, -0.25) is 19.2 Å². The third-order valence-corrected chi connectivity index (χ3v) is 4.22. The normalized spacial score (nSPS) is 11.2. The largest absolute Gasteiger partial charge is 0.451 e. The minimum Gasteiger partial charge on any atom is -0.451 e. The van der Waals surface area contributed by atoms with E-state index >= 15 is 0 Å². The smallest absolute Gasteiger partial charge is 0.326 e. The molecule has 10 heteroatoms. The molecular weight excluding hydrogens is 389 g/mol. The summed E-state index contributed by atoms with van der Waals surface area (Å²) in [6.45, 7) is 0.570. The predicted molar refractivity (Wildman–Crippen MR) is 100 cm³/mol. The molecular formula is C18H18FN3O5S. The van der Waals surface area contributed by atoms with Crippen molar-refractivity contribution in [2.24, 2.45) is 0 Å². The fourth-order valence-electron chi connectivity index (χ4n) is 1.99. The summed E-state index contributed by atoms with van der Waals surface area (Å²) in [5.41, 5.74) is 0.225. The van der Waals surface area contributed by atoms with Gasteiger partial charge in [0.05, 0.1) is 11.4 Å². The molecule has 3 N–H and O–H groups in total. The molecule has 1 aromatic heterocycles. The number of thiophene rings is 1. The number of rotatable bonds is 8. The van der Waals surface area contributed by atoms with E-state index < -0.39 is 42.2 Å². The van der Waals surface area contributed by atoms with Gasteiger partial charge in [0.25, 0.3) is 11.8 Å². The van der Waals surface area contributed by atoms with Gasteiger partial charge in [0.1, 0.15) is 12.4 Å². The van der Waals surface area contributed by atoms with Gasteiger partial charge in [-0.2, -0.15) is 0 Å². The van der Waals surface area contributed by atoms with Gasteiger partial charge in [0.15, 0.2) is 6.10 Å². The van der Waals surface area contributed by atoms with Crippen molar-refractivity contribution in [2.75, 3.05) is 18.4 Å². The standard InChI is InChI=1S/C18H18FN3O5S/c1-11(17(25)22-13-5-2-4-12(19)8-13)27-16(24)10-20-15(23)9-21-18(26)14-6-3-7-28-14/h2-8,11H,9-10H2,1H3,(H,20,23)(H,21,26)(H,22,25)/t11-/m0/s1. The Morgan fingerprint density at radius 1 is 1.11 bits per heavy atom. The highest BCUT2D eigenvalue weighted by Gasteiger charge is 2.18. The van der Waals surface area contributed by atoms with Crippen LogP contribution in [-0.2, 0) is 19.1 Å². The molecule has 28 heavy (non-hydrogen) atoms. The number of nitrogens with one attached hydrogen (secondary N) is 3. The lowest BCUT2D eigenvalue weighted by atomic mass is 10.3. The van der Waals surface area contributed by atoms with E-state index in [1.807, 2.05) is 0 Å². The van der Waals surface area contributed by atoms with Crippen LogP contribution in [0.1, 0.15) is 16.6 Å². The average molecular weight is 407 g/mol. The molecule has 0 radical (unpaired) electrons. The second kappa shape index (κ2) is 10.2. The van der Waals surface area contributed by atoms with Crippen LogP contribution in [-0.4, -0.2) is 42.9 Å². The van der Waals surface area contributed by atoms with E-state index in [0.717, 1.165) is 6.07 Å². The van der Waals surface area contributed by atoms with Crippen LogP contribution in [0.4, 0.5) is 10.1 Å². The van der Waals surface area contributed by atoms with Crippen LogP contribution in [0.2, 0.25) is 0 Å². The Balaban J connectivity index is 1.68. The Morgan fingerprint density at radius 3 is 2.57 bits per heavy atom. The van der Waals surface area contributed by atoms with Crippen molar-refractivity contribution < 1.29 is 28.3 Å². The monoisotopic (exact) mass is 407 g/mol. The van der Waals surface area contributed by atoms with Gasteiger partial charge < -0.3 is 20.7 Å². The van der Waals surface area contributed by atoms with Crippen LogP contribution in [0, 0.1) is 5.82 Å². The number of benzene rings is 1. The zero-order chi connectivity index (χ0) is 20.5. The molecule has 0 fully saturated rings. The lowest BCUT2D eigenvalue weighted by Crippen LogP contribution is -2.40. The van der Waals surface area contributed by atoms with Crippen molar-refractivity contribution in [2.45, 2.75) is 13.0 Å². The number of ether oxygens (including phenoxy) is 1. The topological polar surface area (TPSA) is 114 Å². The summed E-state index contributed by atoms with van der Waals surface area (Å²) in [6.07, 6.45) is -1.15. The van der Waals surface area contributed by atoms with E-state index in [2.05, 4.69) is 16.0 Å². The lowest BCUT2D eigenvalue weighted by Gasteiger charge is -2.14. The van der Waals surface area contributed by atoms with Crippen molar-refractivity contribution in [3.05, 3.63) is 52.5 Å². The van der Waals surface area contributed by atoms with E-state index in [4.69, 9.17) is 4.74 Å². The van der Waals surface area contributed by atoms with Gasteiger partial charge in [0.2, 0.25) is 5.91 Å². The Labute approximate surface area is 164 Å². The molecule has 148 valence electrons. The molecule has 0 saturated carbocycles. The summed E-state index contributed by atoms with van der Waals surface area (Å²) in [5.74, 6) is -2.97. The number of carbonyl (C=O) groups is 4. The minimum atomic E-state index is -1.15. The predicted octanol–water partition coefficient (Wildman–Crippen LogP) is 1.30. The van der Waals surface area contributed by atoms with Crippen molar-refractivity contribution in [1.29, 1.82) is 0 Å². The number of halogens is 1. The lowest BCUT2D eigenvalue weighted by molar-refractivity contribution is -0.152. The zero-order valence-corrected chi connectivity index (χ0v) is 15.7. The minimum absolute atomic E-state index is 0.225. The number of esters is 1. The van der Waals surface area contributed by atoms with Crippen molar-refractivity contribution in [3.63, 3.8) is 0 Å². The fourth-order valence-corrected chi connectivity index (χ4v) is 2.63. The Morgan fingerprint density at radius 2 is 1.89 bits per heavy atom. The number of hydrogen-bond donors (Lipinski definition) is 3. The van der Waals surface area contributed by atoms with E-state index in [1.54, 1.807) is 17.5 Å². The Hall–Kier alpha value is -3.27. The molecule has 0 aliphatic rings. The molecule has 3 amide bonds. The molecule has 0 unspecified atom stereocenters. The SMILES string of the molecule is C[C@H](OC(=O)CNC(=O)CNC(=O)c1cccs1)C(=O)Nc1cccc(F)c1. The molecule has 1 atom stereocenters. The maximum atomic E-state index is 13.1. The van der Waals surface area contributed by atoms with Crippen molar-refractivity contribution >= 4 is 40.7 Å². The Kier molecular flexibility index (Phi) is 7.64. The number of anilines is 1. The molecule has 0 aliphatic carbocycles. The third kappa shape index (κ3) is 6.80. The van der Waals surface area contributed by atoms with Crippen LogP contribution in [0.25, 0.3) is 0 Å². The summed E-state index contributed by atoms with van der Waals surface area (Å²) in [4.78, 5) is 47.5. The highest BCUT2D eigenvalue weighted by atomic mass is 32.1. The molecule has 1 aromatic carbocycles. The molecule has 0 spiro atoms. The maximum Gasteiger partial charge on any atom is 0.326 e. The first-order valence-corrected chi connectivity index (χ1v) is 9.07. The summed E-state index contributed by atoms with van der Waals surface area (Å²) in [5, 5.41) is 8.83. The van der Waals surface area contributed by atoms with Crippen molar-refractivity contribution in [3.8, 4) is 0 Å². The highest BCUT2D eigenvalue weighted by molar-refractivity contribution is 7.12. The van der Waals surface area contributed by atoms with Crippen LogP contribution < -0.4 is 16.0 Å². The van der Waals surface area contributed by atoms with Crippen LogP contribution >= 0.6 is 11.3 Å². The molecule has 2 aromatic rings. The first-order chi connectivity index (χ1) is 13.3. The van der Waals surface area contributed by atoms with Crippen LogP contribution in [0.3, 0.4) is 0 Å². The van der Waals surface area contributed by atoms with Gasteiger partial charge in [-0.05, 0) is 36.6 Å². The quantitative estimate of drug-likeness (QED) is 0.571. The first-order valence-electron chi connectivity index (χ1n) is 8.19. The van der Waals surface area contributed by atoms with E-state index in [9.17, 15) is 23.6 Å². The summed E-state index contributed by atoms with van der Waals surface area (Å²) < 4.78 is 18.0. The number of hydrogen-bond acceptors (Lipinski definition) is 6. The molecule has 0 saturated heterocycles. The fraction of sp³-hybridized carbons (Fsp3) is 0.222. The van der Waals surface area contributed by atoms with E-state index in [0.29, 0.717) is 4.88 Å². The van der Waals surface area contributed by atoms with Gasteiger partial charge in [-0.1, -0.05) is 12.1 Å². The summed E-state index contributed by atoms with van der Waals surface area (Å²) >= 11 is 1.24. The first kappa shape index (κ1) is 21.0. The second-order valence-electron chi connectivity index (χ2n) is 5.57. The summed E-state index contributed by atoms with van der Waals surface area (Å²) in [7, 11) is 0. The van der Waals surface area contributed by atoms with Crippen molar-refractivity contribution in [1.82, 2.24) is 10.6 Å². The number of amides is 3. The maximum absolute atomic E-state index is 13.1. The van der Waals surface area contributed by atoms with Gasteiger partial charge in [-0.15, -0.1) is 11.3 Å². The van der Waals surface area contributed by atoms with E-state index in [1.165, 1.54) is 36.5 Å². The highest BCUT2D eigenvalue weighted by Crippen LogP contribution is 2.10. The summed E-state index contributed by atoms with van der Waals surface area (Å²) in [6, 6.07) is 8.59.